The third-order valence-electron chi connectivity index (χ3n) is 4.85. The van der Waals surface area contributed by atoms with Crippen LogP contribution in [-0.4, -0.2) is 48.4 Å². The summed E-state index contributed by atoms with van der Waals surface area (Å²) in [6.07, 6.45) is 0. The lowest BCUT2D eigenvalue weighted by Gasteiger charge is -2.28. The Labute approximate surface area is 199 Å². The molecule has 0 radical (unpaired) electrons. The number of ether oxygens (including phenoxy) is 1. The van der Waals surface area contributed by atoms with Gasteiger partial charge in [-0.3, -0.25) is 9.59 Å². The number of halogens is 2. The molecule has 0 saturated carbocycles. The average Bonchev–Trinajstić information content (AvgIpc) is 3.30. The SMILES string of the molecule is COCCN(CC(=O)N(Cc1ccc(F)cc1)Cc1cccs1)C(=O)c1ccccc1Br. The van der Waals surface area contributed by atoms with Gasteiger partial charge < -0.3 is 14.5 Å². The minimum atomic E-state index is -0.324. The number of thiophene rings is 1. The van der Waals surface area contributed by atoms with Gasteiger partial charge in [0.05, 0.1) is 18.7 Å². The Morgan fingerprint density at radius 3 is 2.41 bits per heavy atom. The smallest absolute Gasteiger partial charge is 0.255 e. The molecule has 0 bridgehead atoms. The third-order valence-corrected chi connectivity index (χ3v) is 6.40. The van der Waals surface area contributed by atoms with Crippen molar-refractivity contribution in [3.63, 3.8) is 0 Å². The second-order valence-electron chi connectivity index (χ2n) is 7.15. The molecule has 2 aromatic carbocycles. The molecule has 0 aliphatic carbocycles. The van der Waals surface area contributed by atoms with Gasteiger partial charge in [-0.1, -0.05) is 30.3 Å². The summed E-state index contributed by atoms with van der Waals surface area (Å²) >= 11 is 4.97. The van der Waals surface area contributed by atoms with Gasteiger partial charge >= 0.3 is 0 Å². The van der Waals surface area contributed by atoms with E-state index in [2.05, 4.69) is 15.9 Å². The van der Waals surface area contributed by atoms with E-state index in [0.29, 0.717) is 29.7 Å². The number of rotatable bonds is 10. The number of hydrogen-bond acceptors (Lipinski definition) is 4. The summed E-state index contributed by atoms with van der Waals surface area (Å²) in [5, 5.41) is 1.96. The number of nitrogens with zero attached hydrogens (tertiary/aromatic N) is 2. The highest BCUT2D eigenvalue weighted by Gasteiger charge is 2.24. The van der Waals surface area contributed by atoms with Crippen LogP contribution < -0.4 is 0 Å². The second-order valence-corrected chi connectivity index (χ2v) is 9.04. The summed E-state index contributed by atoms with van der Waals surface area (Å²) in [5.41, 5.74) is 1.30. The van der Waals surface area contributed by atoms with Crippen molar-refractivity contribution in [2.75, 3.05) is 26.8 Å². The quantitative estimate of drug-likeness (QED) is 0.380. The lowest BCUT2D eigenvalue weighted by molar-refractivity contribution is -0.133. The Morgan fingerprint density at radius 2 is 1.75 bits per heavy atom. The summed E-state index contributed by atoms with van der Waals surface area (Å²) in [5.74, 6) is -0.769. The first-order valence-corrected chi connectivity index (χ1v) is 11.7. The molecule has 3 aromatic rings. The number of carbonyl (C=O) groups excluding carboxylic acids is 2. The zero-order valence-corrected chi connectivity index (χ0v) is 20.1. The molecular formula is C24H24BrFN2O3S. The Morgan fingerprint density at radius 1 is 1.00 bits per heavy atom. The van der Waals surface area contributed by atoms with Crippen LogP contribution in [0.3, 0.4) is 0 Å². The molecule has 5 nitrogen and oxygen atoms in total. The maximum atomic E-state index is 13.3. The number of carbonyl (C=O) groups is 2. The predicted octanol–water partition coefficient (Wildman–Crippen LogP) is 4.97. The van der Waals surface area contributed by atoms with Crippen molar-refractivity contribution in [2.45, 2.75) is 13.1 Å². The summed E-state index contributed by atoms with van der Waals surface area (Å²) in [6, 6.07) is 17.1. The van der Waals surface area contributed by atoms with E-state index >= 15 is 0 Å². The first-order valence-electron chi connectivity index (χ1n) is 10.0. The van der Waals surface area contributed by atoms with Crippen molar-refractivity contribution in [3.8, 4) is 0 Å². The first-order chi connectivity index (χ1) is 15.5. The molecule has 2 amide bonds. The highest BCUT2D eigenvalue weighted by atomic mass is 79.9. The van der Waals surface area contributed by atoms with Gasteiger partial charge in [-0.15, -0.1) is 11.3 Å². The van der Waals surface area contributed by atoms with Gasteiger partial charge in [0.25, 0.3) is 5.91 Å². The fourth-order valence-corrected chi connectivity index (χ4v) is 4.33. The van der Waals surface area contributed by atoms with Crippen LogP contribution in [0.2, 0.25) is 0 Å². The first kappa shape index (κ1) is 24.1. The lowest BCUT2D eigenvalue weighted by Crippen LogP contribution is -2.43. The summed E-state index contributed by atoms with van der Waals surface area (Å²) < 4.78 is 19.1. The van der Waals surface area contributed by atoms with Crippen LogP contribution in [0, 0.1) is 5.82 Å². The Bertz CT molecular complexity index is 1030. The highest BCUT2D eigenvalue weighted by Crippen LogP contribution is 2.19. The number of benzene rings is 2. The van der Waals surface area contributed by atoms with Crippen molar-refractivity contribution >= 4 is 39.1 Å². The van der Waals surface area contributed by atoms with E-state index < -0.39 is 0 Å². The number of amides is 2. The molecule has 0 spiro atoms. The van der Waals surface area contributed by atoms with Gasteiger partial charge in [-0.2, -0.15) is 0 Å². The van der Waals surface area contributed by atoms with E-state index in [4.69, 9.17) is 4.74 Å². The molecule has 0 aliphatic heterocycles. The largest absolute Gasteiger partial charge is 0.383 e. The zero-order chi connectivity index (χ0) is 22.9. The van der Waals surface area contributed by atoms with Gasteiger partial charge in [0.15, 0.2) is 0 Å². The van der Waals surface area contributed by atoms with Crippen LogP contribution in [0.5, 0.6) is 0 Å². The van der Waals surface area contributed by atoms with E-state index in [1.54, 1.807) is 53.7 Å². The van der Waals surface area contributed by atoms with Crippen LogP contribution >= 0.6 is 27.3 Å². The van der Waals surface area contributed by atoms with Crippen molar-refractivity contribution < 1.29 is 18.7 Å². The molecule has 0 atom stereocenters. The molecular weight excluding hydrogens is 495 g/mol. The Balaban J connectivity index is 1.80. The van der Waals surface area contributed by atoms with Gasteiger partial charge in [0.1, 0.15) is 12.4 Å². The van der Waals surface area contributed by atoms with E-state index in [0.717, 1.165) is 10.4 Å². The topological polar surface area (TPSA) is 49.9 Å². The maximum absolute atomic E-state index is 13.3. The van der Waals surface area contributed by atoms with E-state index in [1.165, 1.54) is 17.0 Å². The molecule has 0 fully saturated rings. The van der Waals surface area contributed by atoms with E-state index in [9.17, 15) is 14.0 Å². The molecule has 0 unspecified atom stereocenters. The fraction of sp³-hybridized carbons (Fsp3) is 0.250. The molecule has 0 N–H and O–H groups in total. The molecule has 1 aromatic heterocycles. The predicted molar refractivity (Wildman–Crippen MR) is 127 cm³/mol. The monoisotopic (exact) mass is 518 g/mol. The van der Waals surface area contributed by atoms with Crippen LogP contribution in [0.4, 0.5) is 4.39 Å². The number of hydrogen-bond donors (Lipinski definition) is 0. The van der Waals surface area contributed by atoms with E-state index in [1.807, 2.05) is 23.6 Å². The van der Waals surface area contributed by atoms with Crippen molar-refractivity contribution in [2.24, 2.45) is 0 Å². The summed E-state index contributed by atoms with van der Waals surface area (Å²) in [7, 11) is 1.56. The zero-order valence-electron chi connectivity index (χ0n) is 17.7. The Hall–Kier alpha value is -2.55. The minimum absolute atomic E-state index is 0.0872. The average molecular weight is 519 g/mol. The fourth-order valence-electron chi connectivity index (χ4n) is 3.16. The van der Waals surface area contributed by atoms with Crippen LogP contribution in [-0.2, 0) is 22.6 Å². The molecule has 8 heteroatoms. The van der Waals surface area contributed by atoms with Crippen molar-refractivity contribution in [1.82, 2.24) is 9.80 Å². The van der Waals surface area contributed by atoms with Crippen molar-refractivity contribution in [1.29, 1.82) is 0 Å². The van der Waals surface area contributed by atoms with Gasteiger partial charge in [0, 0.05) is 29.5 Å². The number of methoxy groups -OCH3 is 1. The van der Waals surface area contributed by atoms with Crippen molar-refractivity contribution in [3.05, 3.63) is 92.3 Å². The lowest BCUT2D eigenvalue weighted by atomic mass is 10.2. The Kier molecular flexibility index (Phi) is 8.96. The van der Waals surface area contributed by atoms with Crippen LogP contribution in [0.1, 0.15) is 20.8 Å². The van der Waals surface area contributed by atoms with Gasteiger partial charge in [-0.25, -0.2) is 4.39 Å². The minimum Gasteiger partial charge on any atom is -0.383 e. The van der Waals surface area contributed by atoms with Gasteiger partial charge in [-0.05, 0) is 57.2 Å². The third kappa shape index (κ3) is 6.72. The molecule has 0 aliphatic rings. The normalized spacial score (nSPS) is 10.7. The summed E-state index contributed by atoms with van der Waals surface area (Å²) in [4.78, 5) is 30.7. The highest BCUT2D eigenvalue weighted by molar-refractivity contribution is 9.10. The second kappa shape index (κ2) is 11.9. The maximum Gasteiger partial charge on any atom is 0.255 e. The van der Waals surface area contributed by atoms with Gasteiger partial charge in [0.2, 0.25) is 5.91 Å². The van der Waals surface area contributed by atoms with E-state index in [-0.39, 0.29) is 30.7 Å². The molecule has 0 saturated heterocycles. The molecule has 32 heavy (non-hydrogen) atoms. The molecule has 3 rings (SSSR count). The summed E-state index contributed by atoms with van der Waals surface area (Å²) in [6.45, 7) is 1.24. The van der Waals surface area contributed by atoms with Crippen LogP contribution in [0.15, 0.2) is 70.5 Å². The van der Waals surface area contributed by atoms with Crippen LogP contribution in [0.25, 0.3) is 0 Å². The standard InChI is InChI=1S/C24H24BrFN2O3S/c1-31-13-12-27(24(30)21-6-2-3-7-22(21)25)17-23(29)28(16-20-5-4-14-32-20)15-18-8-10-19(26)11-9-18/h2-11,14H,12-13,15-17H2,1H3. The molecule has 168 valence electrons. The molecule has 1 heterocycles.